The van der Waals surface area contributed by atoms with Crippen LogP contribution in [0.3, 0.4) is 0 Å². The van der Waals surface area contributed by atoms with E-state index in [1.54, 1.807) is 0 Å². The highest BCUT2D eigenvalue weighted by Crippen LogP contribution is 2.24. The topological polar surface area (TPSA) is 26.0 Å². The molecule has 0 radical (unpaired) electrons. The van der Waals surface area contributed by atoms with E-state index in [1.807, 2.05) is 0 Å². The van der Waals surface area contributed by atoms with Crippen molar-refractivity contribution in [2.24, 2.45) is 5.73 Å². The van der Waals surface area contributed by atoms with Crippen LogP contribution in [0.15, 0.2) is 66.7 Å². The summed E-state index contributed by atoms with van der Waals surface area (Å²) in [7, 11) is 0. The summed E-state index contributed by atoms with van der Waals surface area (Å²) in [6.07, 6.45) is 0. The third kappa shape index (κ3) is 2.65. The van der Waals surface area contributed by atoms with Gasteiger partial charge in [-0.05, 0) is 62.7 Å². The van der Waals surface area contributed by atoms with Crippen molar-refractivity contribution in [3.63, 3.8) is 0 Å². The Morgan fingerprint density at radius 1 is 0.737 bits per heavy atom. The van der Waals surface area contributed by atoms with E-state index in [1.165, 1.54) is 14.3 Å². The van der Waals surface area contributed by atoms with E-state index in [9.17, 15) is 0 Å². The first-order valence-electron chi connectivity index (χ1n) is 6.24. The van der Waals surface area contributed by atoms with Crippen LogP contribution in [-0.2, 0) is 0 Å². The van der Waals surface area contributed by atoms with Crippen LogP contribution in [-0.4, -0.2) is 0 Å². The molecule has 0 aliphatic rings. The number of fused-ring (bicyclic) bond motifs is 1. The van der Waals surface area contributed by atoms with Crippen molar-refractivity contribution in [3.05, 3.63) is 81.4 Å². The maximum atomic E-state index is 6.37. The molecule has 0 heterocycles. The second-order valence-electron chi connectivity index (χ2n) is 4.64. The first-order chi connectivity index (χ1) is 9.24. The Labute approximate surface area is 126 Å². The summed E-state index contributed by atoms with van der Waals surface area (Å²) >= 11 is 2.32. The number of rotatable bonds is 2. The summed E-state index contributed by atoms with van der Waals surface area (Å²) in [4.78, 5) is 0. The number of hydrogen-bond acceptors (Lipinski definition) is 1. The number of nitrogens with two attached hydrogens (primary N) is 1. The predicted octanol–water partition coefficient (Wildman–Crippen LogP) is 4.49. The van der Waals surface area contributed by atoms with E-state index in [0.717, 1.165) is 11.1 Å². The van der Waals surface area contributed by atoms with Gasteiger partial charge in [0.2, 0.25) is 0 Å². The minimum Gasteiger partial charge on any atom is -0.320 e. The lowest BCUT2D eigenvalue weighted by molar-refractivity contribution is 0.872. The molecule has 0 saturated carbocycles. The lowest BCUT2D eigenvalue weighted by Crippen LogP contribution is -2.11. The summed E-state index contributed by atoms with van der Waals surface area (Å²) in [5.74, 6) is 0. The molecule has 0 bridgehead atoms. The Balaban J connectivity index is 2.04. The minimum absolute atomic E-state index is 0.0701. The van der Waals surface area contributed by atoms with Gasteiger partial charge < -0.3 is 5.73 Å². The van der Waals surface area contributed by atoms with E-state index in [4.69, 9.17) is 5.73 Å². The Morgan fingerprint density at radius 3 is 2.26 bits per heavy atom. The minimum atomic E-state index is -0.0701. The summed E-state index contributed by atoms with van der Waals surface area (Å²) in [5, 5.41) is 2.49. The Bertz CT molecular complexity index is 721. The van der Waals surface area contributed by atoms with Gasteiger partial charge in [0.25, 0.3) is 0 Å². The summed E-state index contributed by atoms with van der Waals surface area (Å²) in [5.41, 5.74) is 8.68. The molecule has 0 amide bonds. The van der Waals surface area contributed by atoms with Crippen LogP contribution in [0.4, 0.5) is 0 Å². The smallest absolute Gasteiger partial charge is 0.0552 e. The second kappa shape index (κ2) is 5.31. The molecule has 3 rings (SSSR count). The molecule has 3 aromatic rings. The number of halogens is 1. The van der Waals surface area contributed by atoms with Gasteiger partial charge in [0, 0.05) is 3.57 Å². The molecule has 0 spiro atoms. The fourth-order valence-corrected chi connectivity index (χ4v) is 2.86. The zero-order valence-electron chi connectivity index (χ0n) is 10.4. The van der Waals surface area contributed by atoms with Crippen molar-refractivity contribution in [1.82, 2.24) is 0 Å². The Morgan fingerprint density at radius 2 is 1.47 bits per heavy atom. The largest absolute Gasteiger partial charge is 0.320 e. The monoisotopic (exact) mass is 359 g/mol. The highest BCUT2D eigenvalue weighted by Gasteiger charge is 2.09. The van der Waals surface area contributed by atoms with Crippen LogP contribution < -0.4 is 5.73 Å². The van der Waals surface area contributed by atoms with Gasteiger partial charge >= 0.3 is 0 Å². The molecule has 3 aromatic carbocycles. The lowest BCUT2D eigenvalue weighted by Gasteiger charge is -2.13. The maximum absolute atomic E-state index is 6.37. The average Bonchev–Trinajstić information content (AvgIpc) is 2.46. The van der Waals surface area contributed by atoms with Gasteiger partial charge in [0.05, 0.1) is 6.04 Å². The van der Waals surface area contributed by atoms with E-state index >= 15 is 0 Å². The van der Waals surface area contributed by atoms with Crippen molar-refractivity contribution < 1.29 is 0 Å². The zero-order valence-corrected chi connectivity index (χ0v) is 12.5. The van der Waals surface area contributed by atoms with Gasteiger partial charge in [-0.3, -0.25) is 0 Å². The van der Waals surface area contributed by atoms with E-state index in [0.29, 0.717) is 0 Å². The van der Waals surface area contributed by atoms with Crippen molar-refractivity contribution >= 4 is 33.4 Å². The fourth-order valence-electron chi connectivity index (χ4n) is 2.29. The summed E-state index contributed by atoms with van der Waals surface area (Å²) < 4.78 is 1.21. The molecule has 0 saturated heterocycles. The fraction of sp³-hybridized carbons (Fsp3) is 0.0588. The average molecular weight is 359 g/mol. The first kappa shape index (κ1) is 12.6. The third-order valence-electron chi connectivity index (χ3n) is 3.34. The molecule has 19 heavy (non-hydrogen) atoms. The normalized spacial score (nSPS) is 12.5. The summed E-state index contributed by atoms with van der Waals surface area (Å²) in [6.45, 7) is 0. The van der Waals surface area contributed by atoms with Crippen LogP contribution in [0, 0.1) is 3.57 Å². The van der Waals surface area contributed by atoms with Crippen LogP contribution in [0.5, 0.6) is 0 Å². The quantitative estimate of drug-likeness (QED) is 0.671. The Hall–Kier alpha value is -1.39. The molecule has 0 aliphatic heterocycles. The predicted molar refractivity (Wildman–Crippen MR) is 89.1 cm³/mol. The van der Waals surface area contributed by atoms with Gasteiger partial charge in [-0.15, -0.1) is 0 Å². The van der Waals surface area contributed by atoms with Crippen LogP contribution in [0.2, 0.25) is 0 Å². The second-order valence-corrected chi connectivity index (χ2v) is 5.88. The lowest BCUT2D eigenvalue weighted by atomic mass is 9.97. The first-order valence-corrected chi connectivity index (χ1v) is 7.32. The van der Waals surface area contributed by atoms with E-state index < -0.39 is 0 Å². The van der Waals surface area contributed by atoms with Crippen molar-refractivity contribution in [2.75, 3.05) is 0 Å². The highest BCUT2D eigenvalue weighted by molar-refractivity contribution is 14.1. The zero-order chi connectivity index (χ0) is 13.2. The molecule has 0 aromatic heterocycles. The van der Waals surface area contributed by atoms with Gasteiger partial charge in [-0.1, -0.05) is 48.5 Å². The van der Waals surface area contributed by atoms with Gasteiger partial charge in [0.1, 0.15) is 0 Å². The van der Waals surface area contributed by atoms with E-state index in [2.05, 4.69) is 89.3 Å². The molecule has 1 unspecified atom stereocenters. The van der Waals surface area contributed by atoms with E-state index in [-0.39, 0.29) is 6.04 Å². The molecule has 1 atom stereocenters. The van der Waals surface area contributed by atoms with Crippen molar-refractivity contribution in [1.29, 1.82) is 0 Å². The molecule has 0 fully saturated rings. The maximum Gasteiger partial charge on any atom is 0.0552 e. The number of benzene rings is 3. The summed E-state index contributed by atoms with van der Waals surface area (Å²) in [6, 6.07) is 23.1. The SMILES string of the molecule is NC(c1cccc(I)c1)c1ccc2ccccc2c1. The van der Waals surface area contributed by atoms with Crippen molar-refractivity contribution in [3.8, 4) is 0 Å². The van der Waals surface area contributed by atoms with Crippen LogP contribution in [0.25, 0.3) is 10.8 Å². The van der Waals surface area contributed by atoms with Gasteiger partial charge in [-0.2, -0.15) is 0 Å². The molecular weight excluding hydrogens is 345 g/mol. The standard InChI is InChI=1S/C17H14IN/c18-16-7-3-6-14(11-16)17(19)15-9-8-12-4-1-2-5-13(12)10-15/h1-11,17H,19H2. The van der Waals surface area contributed by atoms with Crippen molar-refractivity contribution in [2.45, 2.75) is 6.04 Å². The van der Waals surface area contributed by atoms with Gasteiger partial charge in [0.15, 0.2) is 0 Å². The molecule has 1 nitrogen and oxygen atoms in total. The van der Waals surface area contributed by atoms with Crippen LogP contribution >= 0.6 is 22.6 Å². The Kier molecular flexibility index (Phi) is 3.53. The highest BCUT2D eigenvalue weighted by atomic mass is 127. The molecule has 2 heteroatoms. The number of hydrogen-bond donors (Lipinski definition) is 1. The van der Waals surface area contributed by atoms with Crippen LogP contribution in [0.1, 0.15) is 17.2 Å². The molecule has 94 valence electrons. The molecule has 2 N–H and O–H groups in total. The van der Waals surface area contributed by atoms with Gasteiger partial charge in [-0.25, -0.2) is 0 Å². The molecule has 0 aliphatic carbocycles. The third-order valence-corrected chi connectivity index (χ3v) is 4.01. The molecular formula is C17H14IN.